The molecule has 4 nitrogen and oxygen atoms in total. The largest absolute Gasteiger partial charge is 0.352 e. The first-order valence-corrected chi connectivity index (χ1v) is 11.9. The van der Waals surface area contributed by atoms with Gasteiger partial charge in [0.25, 0.3) is 5.91 Å². The molecule has 0 spiro atoms. The molecule has 164 valence electrons. The van der Waals surface area contributed by atoms with Crippen LogP contribution in [0.25, 0.3) is 11.0 Å². The van der Waals surface area contributed by atoms with E-state index in [0.29, 0.717) is 6.54 Å². The van der Waals surface area contributed by atoms with Gasteiger partial charge < -0.3 is 9.88 Å². The van der Waals surface area contributed by atoms with Gasteiger partial charge in [-0.25, -0.2) is 4.98 Å². The number of imidazole rings is 1. The topological polar surface area (TPSA) is 46.9 Å². The van der Waals surface area contributed by atoms with Crippen molar-refractivity contribution >= 4 is 32.9 Å². The molecule has 0 aliphatic rings. The predicted octanol–water partition coefficient (Wildman–Crippen LogP) is 6.30. The molecule has 1 aromatic heterocycles. The van der Waals surface area contributed by atoms with Gasteiger partial charge in [-0.15, -0.1) is 0 Å². The maximum absolute atomic E-state index is 12.3. The smallest absolute Gasteiger partial charge is 0.251 e. The molecule has 0 saturated carbocycles. The Hall–Kier alpha value is -2.92. The van der Waals surface area contributed by atoms with Gasteiger partial charge in [-0.1, -0.05) is 64.3 Å². The quantitative estimate of drug-likeness (QED) is 0.280. The number of nitrogens with one attached hydrogen (secondary N) is 1. The number of hydrogen-bond donors (Lipinski definition) is 1. The fourth-order valence-corrected chi connectivity index (χ4v) is 4.20. The van der Waals surface area contributed by atoms with E-state index < -0.39 is 0 Å². The number of fused-ring (bicyclic) bond motifs is 1. The van der Waals surface area contributed by atoms with Gasteiger partial charge in [0.05, 0.1) is 11.0 Å². The fourth-order valence-electron chi connectivity index (χ4n) is 3.94. The van der Waals surface area contributed by atoms with Crippen molar-refractivity contribution in [3.8, 4) is 0 Å². The molecule has 0 aliphatic heterocycles. The zero-order valence-electron chi connectivity index (χ0n) is 18.4. The van der Waals surface area contributed by atoms with Crippen LogP contribution in [0, 0.1) is 6.92 Å². The Balaban J connectivity index is 1.32. The number of carbonyl (C=O) groups is 1. The second-order valence-corrected chi connectivity index (χ2v) is 9.08. The first kappa shape index (κ1) is 22.3. The molecule has 0 aliphatic carbocycles. The zero-order valence-corrected chi connectivity index (χ0v) is 19.9. The molecular weight excluding hydrogens is 462 g/mol. The van der Waals surface area contributed by atoms with Crippen LogP contribution in [0.3, 0.4) is 0 Å². The highest BCUT2D eigenvalue weighted by molar-refractivity contribution is 9.10. The first-order valence-electron chi connectivity index (χ1n) is 11.1. The molecule has 0 unspecified atom stereocenters. The van der Waals surface area contributed by atoms with Crippen molar-refractivity contribution in [1.29, 1.82) is 0 Å². The molecule has 1 heterocycles. The van der Waals surface area contributed by atoms with Gasteiger partial charge >= 0.3 is 0 Å². The van der Waals surface area contributed by atoms with E-state index in [1.165, 1.54) is 11.1 Å². The lowest BCUT2D eigenvalue weighted by molar-refractivity contribution is 0.0953. The van der Waals surface area contributed by atoms with Crippen molar-refractivity contribution in [1.82, 2.24) is 14.9 Å². The summed E-state index contributed by atoms with van der Waals surface area (Å²) in [6.45, 7) is 3.51. The van der Waals surface area contributed by atoms with Crippen LogP contribution in [0.15, 0.2) is 77.3 Å². The summed E-state index contributed by atoms with van der Waals surface area (Å²) in [6.07, 6.45) is 3.99. The van der Waals surface area contributed by atoms with Crippen molar-refractivity contribution in [2.24, 2.45) is 0 Å². The van der Waals surface area contributed by atoms with Crippen LogP contribution in [-0.2, 0) is 13.0 Å². The Morgan fingerprint density at radius 3 is 2.59 bits per heavy atom. The van der Waals surface area contributed by atoms with Crippen molar-refractivity contribution in [3.63, 3.8) is 0 Å². The Bertz CT molecular complexity index is 1200. The summed E-state index contributed by atoms with van der Waals surface area (Å²) in [5.41, 5.74) is 5.31. The van der Waals surface area contributed by atoms with E-state index >= 15 is 0 Å². The second-order valence-electron chi connectivity index (χ2n) is 8.17. The third kappa shape index (κ3) is 5.65. The second kappa shape index (κ2) is 10.6. The average Bonchev–Trinajstić information content (AvgIpc) is 3.14. The molecule has 0 atom stereocenters. The molecule has 1 N–H and O–H groups in total. The molecule has 4 rings (SSSR count). The molecule has 0 bridgehead atoms. The van der Waals surface area contributed by atoms with Crippen molar-refractivity contribution < 1.29 is 4.79 Å². The van der Waals surface area contributed by atoms with Gasteiger partial charge in [0, 0.05) is 29.5 Å². The van der Waals surface area contributed by atoms with Gasteiger partial charge in [0.1, 0.15) is 5.82 Å². The molecule has 3 aromatic carbocycles. The van der Waals surface area contributed by atoms with Gasteiger partial charge in [-0.2, -0.15) is 0 Å². The highest BCUT2D eigenvalue weighted by atomic mass is 79.9. The van der Waals surface area contributed by atoms with Crippen molar-refractivity contribution in [3.05, 3.63) is 99.8 Å². The zero-order chi connectivity index (χ0) is 22.3. The SMILES string of the molecule is Cc1cccc(C(=O)NCCCCCc2nc3ccccc3n2Cc2ccc(Br)cc2)c1. The minimum absolute atomic E-state index is 0.00462. The number of aryl methyl sites for hydroxylation is 2. The number of para-hydroxylation sites is 2. The maximum Gasteiger partial charge on any atom is 0.251 e. The number of amides is 1. The number of carbonyl (C=O) groups excluding carboxylic acids is 1. The number of nitrogens with zero attached hydrogens (tertiary/aromatic N) is 2. The minimum atomic E-state index is 0.00462. The summed E-state index contributed by atoms with van der Waals surface area (Å²) in [7, 11) is 0. The average molecular weight is 490 g/mol. The lowest BCUT2D eigenvalue weighted by Gasteiger charge is -2.10. The summed E-state index contributed by atoms with van der Waals surface area (Å²) in [4.78, 5) is 17.2. The van der Waals surface area contributed by atoms with E-state index in [9.17, 15) is 4.79 Å². The van der Waals surface area contributed by atoms with Crippen molar-refractivity contribution in [2.45, 2.75) is 39.2 Å². The molecule has 1 amide bonds. The highest BCUT2D eigenvalue weighted by Crippen LogP contribution is 2.20. The Morgan fingerprint density at radius 2 is 1.78 bits per heavy atom. The van der Waals surface area contributed by atoms with Crippen molar-refractivity contribution in [2.75, 3.05) is 6.54 Å². The molecule has 0 saturated heterocycles. The number of halogens is 1. The van der Waals surface area contributed by atoms with Crippen LogP contribution in [-0.4, -0.2) is 22.0 Å². The summed E-state index contributed by atoms with van der Waals surface area (Å²) in [5.74, 6) is 1.13. The molecule has 32 heavy (non-hydrogen) atoms. The van der Waals surface area contributed by atoms with E-state index in [2.05, 4.69) is 68.3 Å². The van der Waals surface area contributed by atoms with Crippen LogP contribution < -0.4 is 5.32 Å². The Morgan fingerprint density at radius 1 is 0.969 bits per heavy atom. The van der Waals surface area contributed by atoms with Crippen LogP contribution in [0.5, 0.6) is 0 Å². The number of hydrogen-bond acceptors (Lipinski definition) is 2. The lowest BCUT2D eigenvalue weighted by Crippen LogP contribution is -2.24. The summed E-state index contributed by atoms with van der Waals surface area (Å²) < 4.78 is 3.42. The number of aromatic nitrogens is 2. The van der Waals surface area contributed by atoms with Gasteiger partial charge in [0.15, 0.2) is 0 Å². The minimum Gasteiger partial charge on any atom is -0.352 e. The normalized spacial score (nSPS) is 11.1. The Kier molecular flexibility index (Phi) is 7.38. The van der Waals surface area contributed by atoms with Crippen LogP contribution in [0.1, 0.15) is 46.6 Å². The van der Waals surface area contributed by atoms with Crippen LogP contribution in [0.2, 0.25) is 0 Å². The fraction of sp³-hybridized carbons (Fsp3) is 0.259. The van der Waals surface area contributed by atoms with E-state index in [0.717, 1.165) is 59.2 Å². The van der Waals surface area contributed by atoms with Crippen LogP contribution in [0.4, 0.5) is 0 Å². The lowest BCUT2D eigenvalue weighted by atomic mass is 10.1. The molecule has 0 radical (unpaired) electrons. The van der Waals surface area contributed by atoms with Gasteiger partial charge in [-0.05, 0) is 61.7 Å². The summed E-state index contributed by atoms with van der Waals surface area (Å²) >= 11 is 3.51. The number of rotatable bonds is 9. The van der Waals surface area contributed by atoms with Gasteiger partial charge in [-0.3, -0.25) is 4.79 Å². The summed E-state index contributed by atoms with van der Waals surface area (Å²) in [5, 5.41) is 3.03. The first-order chi connectivity index (χ1) is 15.6. The molecule has 5 heteroatoms. The van der Waals surface area contributed by atoms with E-state index in [1.807, 2.05) is 37.3 Å². The van der Waals surface area contributed by atoms with E-state index in [1.54, 1.807) is 0 Å². The Labute approximate surface area is 197 Å². The van der Waals surface area contributed by atoms with E-state index in [4.69, 9.17) is 4.98 Å². The maximum atomic E-state index is 12.3. The monoisotopic (exact) mass is 489 g/mol. The standard InChI is InChI=1S/C27H28BrN3O/c1-20-8-7-9-22(18-20)27(32)29-17-6-2-3-12-26-30-24-10-4-5-11-25(24)31(26)19-21-13-15-23(28)16-14-21/h4-5,7-11,13-16,18H,2-3,6,12,17,19H2,1H3,(H,29,32). The summed E-state index contributed by atoms with van der Waals surface area (Å²) in [6, 6.07) is 24.5. The molecule has 4 aromatic rings. The molecular formula is C27H28BrN3O. The third-order valence-corrected chi connectivity index (χ3v) is 6.16. The predicted molar refractivity (Wildman–Crippen MR) is 134 cm³/mol. The van der Waals surface area contributed by atoms with Crippen LogP contribution >= 0.6 is 15.9 Å². The number of unbranched alkanes of at least 4 members (excludes halogenated alkanes) is 2. The number of benzene rings is 3. The van der Waals surface area contributed by atoms with E-state index in [-0.39, 0.29) is 5.91 Å². The molecule has 0 fully saturated rings. The van der Waals surface area contributed by atoms with Gasteiger partial charge in [0.2, 0.25) is 0 Å². The third-order valence-electron chi connectivity index (χ3n) is 5.63. The highest BCUT2D eigenvalue weighted by Gasteiger charge is 2.11.